The van der Waals surface area contributed by atoms with Crippen molar-refractivity contribution in [3.8, 4) is 0 Å². The number of nitrogens with one attached hydrogen (secondary N) is 2. The average Bonchev–Trinajstić information content (AvgIpc) is 2.61. The Hall–Kier alpha value is -2.18. The molecule has 0 aliphatic rings. The van der Waals surface area contributed by atoms with Gasteiger partial charge in [0.15, 0.2) is 0 Å². The van der Waals surface area contributed by atoms with E-state index in [4.69, 9.17) is 17.3 Å². The van der Waals surface area contributed by atoms with E-state index in [2.05, 4.69) is 23.3 Å². The number of benzene rings is 2. The maximum atomic E-state index is 12.1. The van der Waals surface area contributed by atoms with Crippen LogP contribution in [0.25, 0.3) is 0 Å². The van der Waals surface area contributed by atoms with Gasteiger partial charge in [0.2, 0.25) is 5.91 Å². The molecule has 5 nitrogen and oxygen atoms in total. The van der Waals surface area contributed by atoms with Crippen molar-refractivity contribution in [2.75, 3.05) is 17.6 Å². The first-order valence-electron chi connectivity index (χ1n) is 8.38. The largest absolute Gasteiger partial charge is 0.399 e. The zero-order valence-electron chi connectivity index (χ0n) is 14.3. The number of rotatable bonds is 8. The standard InChI is InChI=1S/C19H22ClN3O2S/c20-13-5-10-17(26)16(12-13)19(25)22-11-3-1-2-4-18(24)23-15-8-6-14(21)7-9-15/h5-10,12,26H,1-4,11,21H2,(H,22,25)(H,23,24). The molecule has 2 aromatic carbocycles. The Morgan fingerprint density at radius 3 is 2.50 bits per heavy atom. The summed E-state index contributed by atoms with van der Waals surface area (Å²) in [5.41, 5.74) is 7.46. The number of nitrogen functional groups attached to an aromatic ring is 1. The van der Waals surface area contributed by atoms with Crippen LogP contribution in [-0.4, -0.2) is 18.4 Å². The molecular formula is C19H22ClN3O2S. The molecule has 2 aromatic rings. The van der Waals surface area contributed by atoms with Crippen LogP contribution in [0.1, 0.15) is 36.0 Å². The van der Waals surface area contributed by atoms with E-state index in [0.29, 0.717) is 34.1 Å². The van der Waals surface area contributed by atoms with Crippen LogP contribution in [0.5, 0.6) is 0 Å². The molecule has 0 radical (unpaired) electrons. The second kappa shape index (κ2) is 10.1. The maximum Gasteiger partial charge on any atom is 0.252 e. The molecule has 0 atom stereocenters. The van der Waals surface area contributed by atoms with Gasteiger partial charge in [-0.2, -0.15) is 0 Å². The first kappa shape index (κ1) is 20.1. The molecule has 138 valence electrons. The Morgan fingerprint density at radius 2 is 1.77 bits per heavy atom. The van der Waals surface area contributed by atoms with Gasteiger partial charge >= 0.3 is 0 Å². The van der Waals surface area contributed by atoms with Gasteiger partial charge in [0.05, 0.1) is 5.56 Å². The monoisotopic (exact) mass is 391 g/mol. The maximum absolute atomic E-state index is 12.1. The Morgan fingerprint density at radius 1 is 1.04 bits per heavy atom. The lowest BCUT2D eigenvalue weighted by atomic mass is 10.1. The van der Waals surface area contributed by atoms with E-state index in [1.807, 2.05) is 0 Å². The van der Waals surface area contributed by atoms with E-state index < -0.39 is 0 Å². The van der Waals surface area contributed by atoms with Gasteiger partial charge in [-0.1, -0.05) is 18.0 Å². The van der Waals surface area contributed by atoms with Crippen LogP contribution in [0.4, 0.5) is 11.4 Å². The minimum atomic E-state index is -0.196. The van der Waals surface area contributed by atoms with Gasteiger partial charge in [-0.25, -0.2) is 0 Å². The van der Waals surface area contributed by atoms with E-state index >= 15 is 0 Å². The first-order chi connectivity index (χ1) is 12.5. The summed E-state index contributed by atoms with van der Waals surface area (Å²) in [5.74, 6) is -0.226. The normalized spacial score (nSPS) is 10.4. The second-order valence-corrected chi connectivity index (χ2v) is 6.82. The first-order valence-corrected chi connectivity index (χ1v) is 9.20. The number of halogens is 1. The predicted octanol–water partition coefficient (Wildman–Crippen LogP) is 4.14. The quantitative estimate of drug-likeness (QED) is 0.310. The zero-order chi connectivity index (χ0) is 18.9. The van der Waals surface area contributed by atoms with Gasteiger partial charge in [-0.15, -0.1) is 12.6 Å². The number of anilines is 2. The summed E-state index contributed by atoms with van der Waals surface area (Å²) in [7, 11) is 0. The summed E-state index contributed by atoms with van der Waals surface area (Å²) in [4.78, 5) is 24.5. The average molecular weight is 392 g/mol. The molecule has 0 saturated carbocycles. The SMILES string of the molecule is Nc1ccc(NC(=O)CCCCCNC(=O)c2cc(Cl)ccc2S)cc1. The number of nitrogens with two attached hydrogens (primary N) is 1. The summed E-state index contributed by atoms with van der Waals surface area (Å²) in [5, 5.41) is 6.17. The molecule has 0 heterocycles. The van der Waals surface area contributed by atoms with Crippen LogP contribution < -0.4 is 16.4 Å². The molecule has 26 heavy (non-hydrogen) atoms. The number of unbranched alkanes of at least 4 members (excludes halogenated alkanes) is 2. The molecule has 0 spiro atoms. The number of carbonyl (C=O) groups is 2. The Kier molecular flexibility index (Phi) is 7.81. The highest BCUT2D eigenvalue weighted by atomic mass is 35.5. The molecule has 4 N–H and O–H groups in total. The Balaban J connectivity index is 1.61. The predicted molar refractivity (Wildman–Crippen MR) is 109 cm³/mol. The number of hydrogen-bond donors (Lipinski definition) is 4. The number of hydrogen-bond acceptors (Lipinski definition) is 4. The van der Waals surface area contributed by atoms with Gasteiger partial charge in [0, 0.05) is 34.3 Å². The van der Waals surface area contributed by atoms with Crippen molar-refractivity contribution >= 4 is 47.4 Å². The molecule has 0 unspecified atom stereocenters. The van der Waals surface area contributed by atoms with E-state index in [1.54, 1.807) is 42.5 Å². The van der Waals surface area contributed by atoms with Gasteiger partial charge < -0.3 is 16.4 Å². The van der Waals surface area contributed by atoms with Gasteiger partial charge in [-0.05, 0) is 55.3 Å². The third kappa shape index (κ3) is 6.61. The van der Waals surface area contributed by atoms with Crippen molar-refractivity contribution in [3.05, 3.63) is 53.1 Å². The van der Waals surface area contributed by atoms with Gasteiger partial charge in [0.25, 0.3) is 5.91 Å². The summed E-state index contributed by atoms with van der Waals surface area (Å²) in [6.45, 7) is 0.540. The number of thiol groups is 1. The topological polar surface area (TPSA) is 84.2 Å². The summed E-state index contributed by atoms with van der Waals surface area (Å²) >= 11 is 10.2. The van der Waals surface area contributed by atoms with Crippen LogP contribution in [0.15, 0.2) is 47.4 Å². The number of carbonyl (C=O) groups excluding carboxylic acids is 2. The third-order valence-electron chi connectivity index (χ3n) is 3.76. The van der Waals surface area contributed by atoms with Crippen molar-refractivity contribution in [3.63, 3.8) is 0 Å². The highest BCUT2D eigenvalue weighted by molar-refractivity contribution is 7.80. The third-order valence-corrected chi connectivity index (χ3v) is 4.39. The fourth-order valence-electron chi connectivity index (χ4n) is 2.36. The van der Waals surface area contributed by atoms with E-state index in [0.717, 1.165) is 24.9 Å². The van der Waals surface area contributed by atoms with E-state index in [1.165, 1.54) is 0 Å². The van der Waals surface area contributed by atoms with Crippen molar-refractivity contribution < 1.29 is 9.59 Å². The fraction of sp³-hybridized carbons (Fsp3) is 0.263. The Labute approximate surface area is 163 Å². The number of amides is 2. The lowest BCUT2D eigenvalue weighted by Gasteiger charge is -2.08. The Bertz CT molecular complexity index is 766. The molecule has 0 fully saturated rings. The highest BCUT2D eigenvalue weighted by Crippen LogP contribution is 2.19. The van der Waals surface area contributed by atoms with Gasteiger partial charge in [0.1, 0.15) is 0 Å². The molecule has 7 heteroatoms. The lowest BCUT2D eigenvalue weighted by molar-refractivity contribution is -0.116. The lowest BCUT2D eigenvalue weighted by Crippen LogP contribution is -2.24. The second-order valence-electron chi connectivity index (χ2n) is 5.90. The van der Waals surface area contributed by atoms with Gasteiger partial charge in [-0.3, -0.25) is 9.59 Å². The molecule has 0 bridgehead atoms. The van der Waals surface area contributed by atoms with Crippen LogP contribution in [-0.2, 0) is 4.79 Å². The minimum absolute atomic E-state index is 0.0301. The van der Waals surface area contributed by atoms with Crippen molar-refractivity contribution in [1.29, 1.82) is 0 Å². The smallest absolute Gasteiger partial charge is 0.252 e. The molecule has 0 saturated heterocycles. The van der Waals surface area contributed by atoms with Crippen LogP contribution in [0, 0.1) is 0 Å². The molecule has 2 amide bonds. The van der Waals surface area contributed by atoms with Crippen LogP contribution in [0.3, 0.4) is 0 Å². The summed E-state index contributed by atoms with van der Waals surface area (Å²) < 4.78 is 0. The molecular weight excluding hydrogens is 370 g/mol. The fourth-order valence-corrected chi connectivity index (χ4v) is 2.78. The van der Waals surface area contributed by atoms with E-state index in [9.17, 15) is 9.59 Å². The molecule has 0 aliphatic carbocycles. The van der Waals surface area contributed by atoms with Crippen LogP contribution >= 0.6 is 24.2 Å². The van der Waals surface area contributed by atoms with Crippen molar-refractivity contribution in [1.82, 2.24) is 5.32 Å². The highest BCUT2D eigenvalue weighted by Gasteiger charge is 2.09. The molecule has 2 rings (SSSR count). The summed E-state index contributed by atoms with van der Waals surface area (Å²) in [6, 6.07) is 12.0. The molecule has 0 aromatic heterocycles. The van der Waals surface area contributed by atoms with Crippen molar-refractivity contribution in [2.45, 2.75) is 30.6 Å². The van der Waals surface area contributed by atoms with Crippen LogP contribution in [0.2, 0.25) is 5.02 Å². The van der Waals surface area contributed by atoms with E-state index in [-0.39, 0.29) is 11.8 Å². The zero-order valence-corrected chi connectivity index (χ0v) is 15.9. The minimum Gasteiger partial charge on any atom is -0.399 e. The van der Waals surface area contributed by atoms with Crippen molar-refractivity contribution in [2.24, 2.45) is 0 Å². The molecule has 0 aliphatic heterocycles. The summed E-state index contributed by atoms with van der Waals surface area (Å²) in [6.07, 6.45) is 2.83.